The first-order valence-electron chi connectivity index (χ1n) is 14.9. The Kier molecular flexibility index (Phi) is 5.75. The van der Waals surface area contributed by atoms with Gasteiger partial charge in [0.15, 0.2) is 0 Å². The van der Waals surface area contributed by atoms with Crippen molar-refractivity contribution < 1.29 is 0 Å². The average molecular weight is 582 g/mol. The maximum absolute atomic E-state index is 5.12. The number of aromatic nitrogens is 1. The standard InChI is InChI=1S/C40H27N3S/c1-3-12-27(13-4-1)33-25-34(28-14-5-2-6-15-28)42-40(41-33)29-19-22-30(23-20-29)43-35-18-10-9-17-32(35)39-38(43)37-31-16-8-7-11-26(31)21-24-36(37)44-39/h1-25,33H,(H,41,42). The van der Waals surface area contributed by atoms with Crippen molar-refractivity contribution >= 4 is 64.8 Å². The number of fused-ring (bicyclic) bond motifs is 7. The number of nitrogens with one attached hydrogen (secondary N) is 1. The Morgan fingerprint density at radius 1 is 0.614 bits per heavy atom. The largest absolute Gasteiger partial charge is 0.359 e. The van der Waals surface area contributed by atoms with Crippen LogP contribution in [0.4, 0.5) is 0 Å². The minimum absolute atomic E-state index is 0.0250. The maximum Gasteiger partial charge on any atom is 0.134 e. The lowest BCUT2D eigenvalue weighted by Gasteiger charge is -2.24. The average Bonchev–Trinajstić information content (AvgIpc) is 3.64. The van der Waals surface area contributed by atoms with E-state index >= 15 is 0 Å². The third-order valence-electron chi connectivity index (χ3n) is 8.64. The van der Waals surface area contributed by atoms with Crippen LogP contribution in [0.3, 0.4) is 0 Å². The fourth-order valence-corrected chi connectivity index (χ4v) is 7.80. The summed E-state index contributed by atoms with van der Waals surface area (Å²) < 4.78 is 5.09. The van der Waals surface area contributed by atoms with Crippen molar-refractivity contribution in [2.24, 2.45) is 4.99 Å². The topological polar surface area (TPSA) is 29.3 Å². The van der Waals surface area contributed by atoms with Gasteiger partial charge in [0.1, 0.15) is 5.84 Å². The van der Waals surface area contributed by atoms with E-state index in [9.17, 15) is 0 Å². The number of benzene rings is 6. The first-order valence-corrected chi connectivity index (χ1v) is 15.8. The number of rotatable bonds is 4. The Bertz CT molecular complexity index is 2400. The quantitative estimate of drug-likeness (QED) is 0.220. The lowest BCUT2D eigenvalue weighted by molar-refractivity contribution is 0.781. The molecule has 1 unspecified atom stereocenters. The molecule has 4 heteroatoms. The second-order valence-corrected chi connectivity index (χ2v) is 12.3. The van der Waals surface area contributed by atoms with Crippen LogP contribution in [-0.4, -0.2) is 10.4 Å². The van der Waals surface area contributed by atoms with Gasteiger partial charge in [0.05, 0.1) is 27.5 Å². The van der Waals surface area contributed by atoms with Gasteiger partial charge < -0.3 is 9.88 Å². The lowest BCUT2D eigenvalue weighted by Crippen LogP contribution is -2.31. The van der Waals surface area contributed by atoms with Gasteiger partial charge in [-0.1, -0.05) is 109 Å². The van der Waals surface area contributed by atoms with Gasteiger partial charge in [-0.25, -0.2) is 4.99 Å². The molecule has 1 aliphatic heterocycles. The van der Waals surface area contributed by atoms with Crippen molar-refractivity contribution in [2.45, 2.75) is 6.04 Å². The molecule has 3 heterocycles. The molecule has 44 heavy (non-hydrogen) atoms. The van der Waals surface area contributed by atoms with Crippen LogP contribution in [0.25, 0.3) is 53.4 Å². The Balaban J connectivity index is 1.20. The van der Waals surface area contributed by atoms with Crippen LogP contribution in [0.2, 0.25) is 0 Å². The van der Waals surface area contributed by atoms with Crippen molar-refractivity contribution in [3.63, 3.8) is 0 Å². The second-order valence-electron chi connectivity index (χ2n) is 11.3. The van der Waals surface area contributed by atoms with Crippen molar-refractivity contribution in [1.82, 2.24) is 9.88 Å². The zero-order chi connectivity index (χ0) is 29.0. The van der Waals surface area contributed by atoms with Crippen LogP contribution in [0.5, 0.6) is 0 Å². The van der Waals surface area contributed by atoms with E-state index in [2.05, 4.69) is 155 Å². The summed E-state index contributed by atoms with van der Waals surface area (Å²) >= 11 is 1.89. The van der Waals surface area contributed by atoms with Crippen LogP contribution >= 0.6 is 11.3 Å². The molecule has 1 atom stereocenters. The molecule has 1 N–H and O–H groups in total. The summed E-state index contributed by atoms with van der Waals surface area (Å²) in [6, 6.07) is 51.9. The Hall–Kier alpha value is -5.45. The summed E-state index contributed by atoms with van der Waals surface area (Å²) in [7, 11) is 0. The van der Waals surface area contributed by atoms with Gasteiger partial charge in [-0.2, -0.15) is 0 Å². The highest BCUT2D eigenvalue weighted by molar-refractivity contribution is 7.27. The zero-order valence-electron chi connectivity index (χ0n) is 23.8. The molecule has 0 radical (unpaired) electrons. The summed E-state index contributed by atoms with van der Waals surface area (Å²) in [5.41, 5.74) is 8.01. The summed E-state index contributed by atoms with van der Waals surface area (Å²) in [5, 5.41) is 8.89. The van der Waals surface area contributed by atoms with Crippen LogP contribution in [0.1, 0.15) is 22.7 Å². The number of hydrogen-bond donors (Lipinski definition) is 1. The highest BCUT2D eigenvalue weighted by Gasteiger charge is 2.21. The SMILES string of the molecule is C1=C(c2ccccc2)N=C(c2ccc(-n3c4ccccc4c4sc5ccc6ccccc6c5c43)cc2)NC1c1ccccc1. The van der Waals surface area contributed by atoms with Gasteiger partial charge in [0, 0.05) is 26.7 Å². The number of hydrogen-bond acceptors (Lipinski definition) is 3. The van der Waals surface area contributed by atoms with E-state index < -0.39 is 0 Å². The minimum Gasteiger partial charge on any atom is -0.359 e. The molecule has 6 aromatic carbocycles. The van der Waals surface area contributed by atoms with E-state index in [1.807, 2.05) is 17.4 Å². The van der Waals surface area contributed by atoms with E-state index in [-0.39, 0.29) is 6.04 Å². The fraction of sp³-hybridized carbons (Fsp3) is 0.0250. The van der Waals surface area contributed by atoms with Gasteiger partial charge in [-0.05, 0) is 64.4 Å². The normalized spacial score (nSPS) is 15.0. The molecule has 0 aliphatic carbocycles. The minimum atomic E-state index is 0.0250. The smallest absolute Gasteiger partial charge is 0.134 e. The molecule has 0 spiro atoms. The number of aliphatic imine (C=N–C) groups is 1. The van der Waals surface area contributed by atoms with Gasteiger partial charge in [0.25, 0.3) is 0 Å². The first kappa shape index (κ1) is 25.1. The lowest BCUT2D eigenvalue weighted by atomic mass is 10.0. The molecule has 208 valence electrons. The van der Waals surface area contributed by atoms with Crippen molar-refractivity contribution in [2.75, 3.05) is 0 Å². The molecule has 3 nitrogen and oxygen atoms in total. The molecule has 0 saturated heterocycles. The molecule has 0 saturated carbocycles. The van der Waals surface area contributed by atoms with E-state index in [1.54, 1.807) is 0 Å². The van der Waals surface area contributed by atoms with Gasteiger partial charge >= 0.3 is 0 Å². The summed E-state index contributed by atoms with van der Waals surface area (Å²) in [4.78, 5) is 5.12. The summed E-state index contributed by atoms with van der Waals surface area (Å²) in [5.74, 6) is 0.876. The van der Waals surface area contributed by atoms with E-state index in [1.165, 1.54) is 47.5 Å². The molecule has 0 bridgehead atoms. The highest BCUT2D eigenvalue weighted by Crippen LogP contribution is 2.44. The Morgan fingerprint density at radius 3 is 2.14 bits per heavy atom. The van der Waals surface area contributed by atoms with Gasteiger partial charge in [-0.3, -0.25) is 0 Å². The fourth-order valence-electron chi connectivity index (χ4n) is 6.56. The second kappa shape index (κ2) is 10.1. The van der Waals surface area contributed by atoms with Crippen LogP contribution in [-0.2, 0) is 0 Å². The first-order chi connectivity index (χ1) is 21.8. The molecule has 2 aromatic heterocycles. The van der Waals surface area contributed by atoms with Crippen molar-refractivity contribution in [3.05, 3.63) is 168 Å². The van der Waals surface area contributed by atoms with Crippen molar-refractivity contribution in [3.8, 4) is 5.69 Å². The molecule has 1 aliphatic rings. The number of para-hydroxylation sites is 1. The third-order valence-corrected chi connectivity index (χ3v) is 9.82. The number of amidine groups is 1. The third kappa shape index (κ3) is 3.99. The van der Waals surface area contributed by atoms with Crippen LogP contribution < -0.4 is 5.32 Å². The molecule has 8 aromatic rings. The highest BCUT2D eigenvalue weighted by atomic mass is 32.1. The molecular weight excluding hydrogens is 555 g/mol. The van der Waals surface area contributed by atoms with Gasteiger partial charge in [0.2, 0.25) is 0 Å². The number of nitrogens with zero attached hydrogens (tertiary/aromatic N) is 2. The van der Waals surface area contributed by atoms with E-state index in [0.29, 0.717) is 0 Å². The molecule has 9 rings (SSSR count). The predicted molar refractivity (Wildman–Crippen MR) is 187 cm³/mol. The summed E-state index contributed by atoms with van der Waals surface area (Å²) in [6.45, 7) is 0. The molecule has 0 fully saturated rings. The summed E-state index contributed by atoms with van der Waals surface area (Å²) in [6.07, 6.45) is 2.22. The van der Waals surface area contributed by atoms with Crippen LogP contribution in [0.15, 0.2) is 157 Å². The van der Waals surface area contributed by atoms with Crippen LogP contribution in [0, 0.1) is 0 Å². The predicted octanol–water partition coefficient (Wildman–Crippen LogP) is 10.3. The zero-order valence-corrected chi connectivity index (χ0v) is 24.6. The molecular formula is C40H27N3S. The van der Waals surface area contributed by atoms with Gasteiger partial charge in [-0.15, -0.1) is 11.3 Å². The van der Waals surface area contributed by atoms with E-state index in [4.69, 9.17) is 4.99 Å². The Morgan fingerprint density at radius 2 is 1.32 bits per heavy atom. The Labute approximate surface area is 259 Å². The maximum atomic E-state index is 5.12. The van der Waals surface area contributed by atoms with Crippen molar-refractivity contribution in [1.29, 1.82) is 0 Å². The monoisotopic (exact) mass is 581 g/mol. The number of thiophene rings is 1. The molecule has 0 amide bonds. The van der Waals surface area contributed by atoms with E-state index in [0.717, 1.165) is 28.3 Å².